The molecule has 0 fully saturated rings. The smallest absolute Gasteiger partial charge is 0.178 e. The van der Waals surface area contributed by atoms with Gasteiger partial charge < -0.3 is 9.55 Å². The lowest BCUT2D eigenvalue weighted by Gasteiger charge is -2.08. The first-order chi connectivity index (χ1) is 10.2. The first-order valence-corrected chi connectivity index (χ1v) is 7.19. The van der Waals surface area contributed by atoms with Crippen molar-refractivity contribution in [1.29, 1.82) is 5.26 Å². The van der Waals surface area contributed by atoms with Crippen molar-refractivity contribution < 1.29 is 0 Å². The van der Waals surface area contributed by atoms with Crippen LogP contribution in [0.2, 0.25) is 0 Å². The van der Waals surface area contributed by atoms with E-state index in [4.69, 9.17) is 12.2 Å². The van der Waals surface area contributed by atoms with Crippen LogP contribution >= 0.6 is 12.2 Å². The largest absolute Gasteiger partial charge is 0.329 e. The summed E-state index contributed by atoms with van der Waals surface area (Å²) in [7, 11) is 0. The molecule has 0 saturated heterocycles. The summed E-state index contributed by atoms with van der Waals surface area (Å²) in [6.07, 6.45) is 2.73. The Morgan fingerprint density at radius 3 is 2.95 bits per heavy atom. The van der Waals surface area contributed by atoms with Crippen LogP contribution in [0.1, 0.15) is 23.7 Å². The molecule has 3 rings (SSSR count). The lowest BCUT2D eigenvalue weighted by Crippen LogP contribution is -2.05. The number of aromatic nitrogens is 3. The van der Waals surface area contributed by atoms with Crippen LogP contribution in [0.5, 0.6) is 0 Å². The van der Waals surface area contributed by atoms with Gasteiger partial charge in [0.15, 0.2) is 4.77 Å². The van der Waals surface area contributed by atoms with Gasteiger partial charge in [0.25, 0.3) is 0 Å². The van der Waals surface area contributed by atoms with Crippen LogP contribution in [0, 0.1) is 16.1 Å². The van der Waals surface area contributed by atoms with Gasteiger partial charge in [0.2, 0.25) is 0 Å². The lowest BCUT2D eigenvalue weighted by molar-refractivity contribution is 0.771. The van der Waals surface area contributed by atoms with Gasteiger partial charge >= 0.3 is 0 Å². The minimum absolute atomic E-state index is 0.606. The van der Waals surface area contributed by atoms with E-state index in [0.717, 1.165) is 23.1 Å². The van der Waals surface area contributed by atoms with E-state index in [9.17, 15) is 5.26 Å². The second kappa shape index (κ2) is 5.51. The molecule has 0 aliphatic rings. The van der Waals surface area contributed by atoms with Crippen molar-refractivity contribution in [3.05, 3.63) is 58.1 Å². The lowest BCUT2D eigenvalue weighted by atomic mass is 10.1. The van der Waals surface area contributed by atoms with E-state index >= 15 is 0 Å². The third kappa shape index (κ3) is 2.34. The summed E-state index contributed by atoms with van der Waals surface area (Å²) in [5.41, 5.74) is 4.56. The Morgan fingerprint density at radius 1 is 1.33 bits per heavy atom. The van der Waals surface area contributed by atoms with Gasteiger partial charge in [-0.1, -0.05) is 19.1 Å². The van der Waals surface area contributed by atoms with E-state index in [0.29, 0.717) is 16.9 Å². The predicted octanol–water partition coefficient (Wildman–Crippen LogP) is 3.58. The van der Waals surface area contributed by atoms with Crippen LogP contribution in [0.3, 0.4) is 0 Å². The van der Waals surface area contributed by atoms with E-state index in [1.54, 1.807) is 12.3 Å². The summed E-state index contributed by atoms with van der Waals surface area (Å²) >= 11 is 5.41. The molecule has 1 N–H and O–H groups in total. The van der Waals surface area contributed by atoms with Gasteiger partial charge in [-0.15, -0.1) is 0 Å². The Bertz CT molecular complexity index is 899. The topological polar surface area (TPSA) is 57.4 Å². The molecular formula is C16H14N4S. The van der Waals surface area contributed by atoms with Crippen LogP contribution in [0.4, 0.5) is 0 Å². The van der Waals surface area contributed by atoms with Crippen LogP contribution in [0.15, 0.2) is 36.5 Å². The van der Waals surface area contributed by atoms with Gasteiger partial charge in [0, 0.05) is 6.20 Å². The zero-order valence-electron chi connectivity index (χ0n) is 11.6. The fourth-order valence-electron chi connectivity index (χ4n) is 2.52. The number of nitrogens with zero attached hydrogens (tertiary/aromatic N) is 3. The minimum atomic E-state index is 0.606. The summed E-state index contributed by atoms with van der Waals surface area (Å²) in [6, 6.07) is 11.9. The zero-order chi connectivity index (χ0) is 14.8. The molecule has 0 spiro atoms. The number of nitriles is 1. The van der Waals surface area contributed by atoms with Crippen molar-refractivity contribution in [3.63, 3.8) is 0 Å². The molecule has 0 bridgehead atoms. The molecule has 104 valence electrons. The number of imidazole rings is 1. The SMILES string of the molecule is CCc1cccnc1Cn1c(=S)[nH]c2c(C#N)cccc21. The number of fused-ring (bicyclic) bond motifs is 1. The molecule has 21 heavy (non-hydrogen) atoms. The Balaban J connectivity index is 2.16. The highest BCUT2D eigenvalue weighted by atomic mass is 32.1. The summed E-state index contributed by atoms with van der Waals surface area (Å²) in [6.45, 7) is 2.72. The second-order valence-electron chi connectivity index (χ2n) is 4.79. The fraction of sp³-hybridized carbons (Fsp3) is 0.188. The van der Waals surface area contributed by atoms with Gasteiger partial charge in [-0.05, 0) is 42.4 Å². The molecule has 0 aliphatic carbocycles. The van der Waals surface area contributed by atoms with E-state index < -0.39 is 0 Å². The normalized spacial score (nSPS) is 10.7. The number of hydrogen-bond acceptors (Lipinski definition) is 3. The van der Waals surface area contributed by atoms with Crippen LogP contribution in [-0.4, -0.2) is 14.5 Å². The number of hydrogen-bond donors (Lipinski definition) is 1. The number of rotatable bonds is 3. The van der Waals surface area contributed by atoms with Crippen LogP contribution in [0.25, 0.3) is 11.0 Å². The summed E-state index contributed by atoms with van der Waals surface area (Å²) < 4.78 is 2.60. The first kappa shape index (κ1) is 13.5. The average Bonchev–Trinajstić information content (AvgIpc) is 2.84. The van der Waals surface area contributed by atoms with E-state index in [1.807, 2.05) is 22.8 Å². The Morgan fingerprint density at radius 2 is 2.19 bits per heavy atom. The van der Waals surface area contributed by atoms with E-state index in [2.05, 4.69) is 29.0 Å². The highest BCUT2D eigenvalue weighted by Gasteiger charge is 2.10. The maximum absolute atomic E-state index is 9.18. The molecule has 0 amide bonds. The average molecular weight is 294 g/mol. The third-order valence-electron chi connectivity index (χ3n) is 3.60. The van der Waals surface area contributed by atoms with Gasteiger partial charge in [0.05, 0.1) is 28.8 Å². The van der Waals surface area contributed by atoms with Crippen molar-refractivity contribution >= 4 is 23.3 Å². The molecule has 0 atom stereocenters. The number of aryl methyl sites for hydroxylation is 1. The Kier molecular flexibility index (Phi) is 3.55. The third-order valence-corrected chi connectivity index (χ3v) is 3.93. The molecule has 2 aromatic heterocycles. The standard InChI is InChI=1S/C16H14N4S/c1-2-11-6-4-8-18-13(11)10-20-14-7-3-5-12(9-17)15(14)19-16(20)21/h3-8H,2,10H2,1H3,(H,19,21). The number of para-hydroxylation sites is 1. The van der Waals surface area contributed by atoms with Gasteiger partial charge in [-0.3, -0.25) is 4.98 Å². The Hall–Kier alpha value is -2.45. The highest BCUT2D eigenvalue weighted by molar-refractivity contribution is 7.71. The molecular weight excluding hydrogens is 280 g/mol. The molecule has 2 heterocycles. The van der Waals surface area contributed by atoms with Crippen molar-refractivity contribution in [2.24, 2.45) is 0 Å². The van der Waals surface area contributed by atoms with Gasteiger partial charge in [0.1, 0.15) is 6.07 Å². The number of aromatic amines is 1. The van der Waals surface area contributed by atoms with Gasteiger partial charge in [-0.2, -0.15) is 5.26 Å². The molecule has 3 aromatic rings. The summed E-state index contributed by atoms with van der Waals surface area (Å²) in [5.74, 6) is 0. The minimum Gasteiger partial charge on any atom is -0.329 e. The molecule has 0 unspecified atom stereocenters. The highest BCUT2D eigenvalue weighted by Crippen LogP contribution is 2.20. The van der Waals surface area contributed by atoms with Crippen LogP contribution in [-0.2, 0) is 13.0 Å². The maximum atomic E-state index is 9.18. The number of H-pyrrole nitrogens is 1. The van der Waals surface area contributed by atoms with Crippen molar-refractivity contribution in [2.45, 2.75) is 19.9 Å². The van der Waals surface area contributed by atoms with E-state index in [-0.39, 0.29) is 0 Å². The number of pyridine rings is 1. The summed E-state index contributed by atoms with van der Waals surface area (Å²) in [4.78, 5) is 7.60. The van der Waals surface area contributed by atoms with Gasteiger partial charge in [-0.25, -0.2) is 0 Å². The first-order valence-electron chi connectivity index (χ1n) is 6.79. The number of benzene rings is 1. The zero-order valence-corrected chi connectivity index (χ0v) is 12.4. The van der Waals surface area contributed by atoms with Crippen molar-refractivity contribution in [2.75, 3.05) is 0 Å². The van der Waals surface area contributed by atoms with Crippen molar-refractivity contribution in [3.8, 4) is 6.07 Å². The summed E-state index contributed by atoms with van der Waals surface area (Å²) in [5, 5.41) is 9.18. The van der Waals surface area contributed by atoms with Crippen molar-refractivity contribution in [1.82, 2.24) is 14.5 Å². The molecule has 4 nitrogen and oxygen atoms in total. The molecule has 1 aromatic carbocycles. The number of nitrogens with one attached hydrogen (secondary N) is 1. The second-order valence-corrected chi connectivity index (χ2v) is 5.18. The molecule has 0 saturated carbocycles. The molecule has 0 aliphatic heterocycles. The maximum Gasteiger partial charge on any atom is 0.178 e. The molecule has 0 radical (unpaired) electrons. The predicted molar refractivity (Wildman–Crippen MR) is 84.6 cm³/mol. The Labute approximate surface area is 127 Å². The quantitative estimate of drug-likeness (QED) is 0.751. The molecule has 5 heteroatoms. The van der Waals surface area contributed by atoms with Crippen LogP contribution < -0.4 is 0 Å². The fourth-order valence-corrected chi connectivity index (χ4v) is 2.78. The monoisotopic (exact) mass is 294 g/mol. The van der Waals surface area contributed by atoms with E-state index in [1.165, 1.54) is 5.56 Å².